The maximum absolute atomic E-state index is 12.7. The number of carboxylic acids is 1. The van der Waals surface area contributed by atoms with E-state index in [0.717, 1.165) is 31.5 Å². The van der Waals surface area contributed by atoms with Gasteiger partial charge < -0.3 is 10.4 Å². The summed E-state index contributed by atoms with van der Waals surface area (Å²) in [5.41, 5.74) is 2.13. The smallest absolute Gasteiger partial charge is 0.326 e. The Labute approximate surface area is 160 Å². The number of likely N-dealkylation sites (tertiary alicyclic amines) is 1. The quantitative estimate of drug-likeness (QED) is 0.791. The van der Waals surface area contributed by atoms with E-state index in [0.29, 0.717) is 13.0 Å². The molecule has 27 heavy (non-hydrogen) atoms. The first kappa shape index (κ1) is 19.1. The molecular weight excluding hydrogens is 340 g/mol. The van der Waals surface area contributed by atoms with Crippen LogP contribution in [0.15, 0.2) is 60.7 Å². The highest BCUT2D eigenvalue weighted by atomic mass is 16.4. The zero-order chi connectivity index (χ0) is 19.1. The van der Waals surface area contributed by atoms with E-state index in [-0.39, 0.29) is 11.8 Å². The molecule has 3 rings (SSSR count). The van der Waals surface area contributed by atoms with Crippen molar-refractivity contribution >= 4 is 11.9 Å². The zero-order valence-electron chi connectivity index (χ0n) is 15.4. The van der Waals surface area contributed by atoms with Gasteiger partial charge in [-0.25, -0.2) is 4.79 Å². The predicted octanol–water partition coefficient (Wildman–Crippen LogP) is 2.71. The number of carbonyl (C=O) groups excluding carboxylic acids is 1. The molecule has 2 aromatic carbocycles. The van der Waals surface area contributed by atoms with Gasteiger partial charge in [-0.2, -0.15) is 0 Å². The number of rotatable bonds is 7. The molecule has 1 aliphatic heterocycles. The number of nitrogens with zero attached hydrogens (tertiary/aromatic N) is 1. The maximum Gasteiger partial charge on any atom is 0.326 e. The Morgan fingerprint density at radius 2 is 1.67 bits per heavy atom. The minimum absolute atomic E-state index is 0.156. The molecule has 2 N–H and O–H groups in total. The molecule has 1 saturated heterocycles. The number of nitrogens with one attached hydrogen (secondary N) is 1. The van der Waals surface area contributed by atoms with Crippen LogP contribution in [0.1, 0.15) is 24.0 Å². The number of aliphatic carboxylic acids is 1. The second kappa shape index (κ2) is 9.33. The summed E-state index contributed by atoms with van der Waals surface area (Å²) in [6.45, 7) is 2.44. The van der Waals surface area contributed by atoms with E-state index in [4.69, 9.17) is 0 Å². The normalized spacial score (nSPS) is 18.6. The highest BCUT2D eigenvalue weighted by molar-refractivity contribution is 5.85. The molecule has 0 aliphatic carbocycles. The number of hydrogen-bond donors (Lipinski definition) is 2. The van der Waals surface area contributed by atoms with Crippen LogP contribution in [0.5, 0.6) is 0 Å². The van der Waals surface area contributed by atoms with E-state index in [1.54, 1.807) is 0 Å². The summed E-state index contributed by atoms with van der Waals surface area (Å²) in [4.78, 5) is 26.6. The van der Waals surface area contributed by atoms with Crippen LogP contribution in [0.2, 0.25) is 0 Å². The topological polar surface area (TPSA) is 69.6 Å². The minimum Gasteiger partial charge on any atom is -0.480 e. The summed E-state index contributed by atoms with van der Waals surface area (Å²) in [7, 11) is 0. The Morgan fingerprint density at radius 1 is 1.04 bits per heavy atom. The molecule has 5 nitrogen and oxygen atoms in total. The van der Waals surface area contributed by atoms with Crippen molar-refractivity contribution in [2.24, 2.45) is 5.92 Å². The predicted molar refractivity (Wildman–Crippen MR) is 104 cm³/mol. The lowest BCUT2D eigenvalue weighted by Crippen LogP contribution is -2.48. The number of amides is 1. The van der Waals surface area contributed by atoms with E-state index < -0.39 is 12.0 Å². The Bertz CT molecular complexity index is 749. The second-order valence-electron chi connectivity index (χ2n) is 7.15. The van der Waals surface area contributed by atoms with Crippen molar-refractivity contribution in [1.82, 2.24) is 10.2 Å². The number of carbonyl (C=O) groups is 2. The van der Waals surface area contributed by atoms with E-state index in [2.05, 4.69) is 22.3 Å². The van der Waals surface area contributed by atoms with Gasteiger partial charge in [0.15, 0.2) is 0 Å². The molecule has 5 heteroatoms. The molecule has 1 aliphatic rings. The Kier molecular flexibility index (Phi) is 6.60. The van der Waals surface area contributed by atoms with Crippen LogP contribution in [0.25, 0.3) is 0 Å². The molecule has 0 aromatic heterocycles. The van der Waals surface area contributed by atoms with Crippen LogP contribution < -0.4 is 5.32 Å². The number of piperidine rings is 1. The van der Waals surface area contributed by atoms with E-state index in [9.17, 15) is 14.7 Å². The first-order chi connectivity index (χ1) is 13.1. The summed E-state index contributed by atoms with van der Waals surface area (Å²) in [6.07, 6.45) is 2.04. The molecular formula is C22H26N2O3. The van der Waals surface area contributed by atoms with Crippen LogP contribution in [0.3, 0.4) is 0 Å². The van der Waals surface area contributed by atoms with Gasteiger partial charge in [0, 0.05) is 19.5 Å². The lowest BCUT2D eigenvalue weighted by molar-refractivity contribution is -0.142. The highest BCUT2D eigenvalue weighted by Gasteiger charge is 2.29. The van der Waals surface area contributed by atoms with Crippen molar-refractivity contribution in [1.29, 1.82) is 0 Å². The van der Waals surface area contributed by atoms with Crippen molar-refractivity contribution in [3.63, 3.8) is 0 Å². The largest absolute Gasteiger partial charge is 0.480 e. The van der Waals surface area contributed by atoms with Gasteiger partial charge in [0.25, 0.3) is 0 Å². The summed E-state index contributed by atoms with van der Waals surface area (Å²) in [5, 5.41) is 12.3. The SMILES string of the molecule is O=C(N[C@@H](Cc1ccccc1)C(=O)O)C1CCCN(Cc2ccccc2)C1. The summed E-state index contributed by atoms with van der Waals surface area (Å²) < 4.78 is 0. The van der Waals surface area contributed by atoms with Crippen molar-refractivity contribution in [3.05, 3.63) is 71.8 Å². The molecule has 0 bridgehead atoms. The van der Waals surface area contributed by atoms with Crippen molar-refractivity contribution in [2.45, 2.75) is 31.8 Å². The van der Waals surface area contributed by atoms with Crippen LogP contribution in [-0.4, -0.2) is 41.0 Å². The van der Waals surface area contributed by atoms with Gasteiger partial charge in [-0.3, -0.25) is 9.69 Å². The fourth-order valence-corrected chi connectivity index (χ4v) is 3.59. The standard InChI is InChI=1S/C22H26N2O3/c25-21(23-20(22(26)27)14-17-8-3-1-4-9-17)19-12-7-13-24(16-19)15-18-10-5-2-6-11-18/h1-6,8-11,19-20H,7,12-16H2,(H,23,25)(H,26,27)/t19?,20-/m0/s1. The van der Waals surface area contributed by atoms with Crippen LogP contribution >= 0.6 is 0 Å². The average Bonchev–Trinajstić information content (AvgIpc) is 2.69. The molecule has 2 aromatic rings. The molecule has 0 saturated carbocycles. The van der Waals surface area contributed by atoms with Crippen LogP contribution in [0.4, 0.5) is 0 Å². The van der Waals surface area contributed by atoms with Gasteiger partial charge in [0.2, 0.25) is 5.91 Å². The third-order valence-corrected chi connectivity index (χ3v) is 5.02. The highest BCUT2D eigenvalue weighted by Crippen LogP contribution is 2.19. The molecule has 0 spiro atoms. The summed E-state index contributed by atoms with van der Waals surface area (Å²) >= 11 is 0. The van der Waals surface area contributed by atoms with Gasteiger partial charge >= 0.3 is 5.97 Å². The molecule has 142 valence electrons. The molecule has 0 radical (unpaired) electrons. The van der Waals surface area contributed by atoms with Crippen molar-refractivity contribution < 1.29 is 14.7 Å². The molecule has 2 atom stereocenters. The average molecular weight is 366 g/mol. The third kappa shape index (κ3) is 5.66. The number of benzene rings is 2. The monoisotopic (exact) mass is 366 g/mol. The Balaban J connectivity index is 1.57. The van der Waals surface area contributed by atoms with E-state index in [1.807, 2.05) is 48.5 Å². The van der Waals surface area contributed by atoms with Gasteiger partial charge in [0.1, 0.15) is 6.04 Å². The van der Waals surface area contributed by atoms with Gasteiger partial charge in [-0.15, -0.1) is 0 Å². The second-order valence-corrected chi connectivity index (χ2v) is 7.15. The van der Waals surface area contributed by atoms with Gasteiger partial charge in [-0.05, 0) is 30.5 Å². The number of hydrogen-bond acceptors (Lipinski definition) is 3. The lowest BCUT2D eigenvalue weighted by Gasteiger charge is -2.32. The molecule has 1 heterocycles. The summed E-state index contributed by atoms with van der Waals surface area (Å²) in [5.74, 6) is -1.32. The van der Waals surface area contributed by atoms with Crippen molar-refractivity contribution in [2.75, 3.05) is 13.1 Å². The lowest BCUT2D eigenvalue weighted by atomic mass is 9.95. The minimum atomic E-state index is -0.996. The van der Waals surface area contributed by atoms with Crippen LogP contribution in [0, 0.1) is 5.92 Å². The third-order valence-electron chi connectivity index (χ3n) is 5.02. The van der Waals surface area contributed by atoms with E-state index >= 15 is 0 Å². The maximum atomic E-state index is 12.7. The Morgan fingerprint density at radius 3 is 2.30 bits per heavy atom. The first-order valence-electron chi connectivity index (χ1n) is 9.45. The zero-order valence-corrected chi connectivity index (χ0v) is 15.4. The first-order valence-corrected chi connectivity index (χ1v) is 9.45. The van der Waals surface area contributed by atoms with E-state index in [1.165, 1.54) is 5.56 Å². The van der Waals surface area contributed by atoms with Crippen molar-refractivity contribution in [3.8, 4) is 0 Å². The fraction of sp³-hybridized carbons (Fsp3) is 0.364. The molecule has 1 fully saturated rings. The summed E-state index contributed by atoms with van der Waals surface area (Å²) in [6, 6.07) is 18.7. The molecule has 1 unspecified atom stereocenters. The fourth-order valence-electron chi connectivity index (χ4n) is 3.59. The Hall–Kier alpha value is -2.66. The van der Waals surface area contributed by atoms with Crippen LogP contribution in [-0.2, 0) is 22.6 Å². The van der Waals surface area contributed by atoms with Gasteiger partial charge in [0.05, 0.1) is 5.92 Å². The molecule has 1 amide bonds. The number of carboxylic acid groups (broad SMARTS) is 1. The van der Waals surface area contributed by atoms with Gasteiger partial charge in [-0.1, -0.05) is 60.7 Å².